The van der Waals surface area contributed by atoms with Gasteiger partial charge in [-0.15, -0.1) is 0 Å². The van der Waals surface area contributed by atoms with E-state index < -0.39 is 114 Å². The van der Waals surface area contributed by atoms with Crippen LogP contribution in [0.3, 0.4) is 0 Å². The Bertz CT molecular complexity index is 3090. The second-order valence-corrected chi connectivity index (χ2v) is 22.1. The number of carbonyl (C=O) groups is 7. The molecule has 0 aromatic heterocycles. The number of hydrogen-bond acceptors (Lipinski definition) is 14. The normalized spacial score (nSPS) is 24.5. The van der Waals surface area contributed by atoms with Gasteiger partial charge in [-0.1, -0.05) is 99.5 Å². The molecular weight excluding hydrogens is 1080 g/mol. The zero-order valence-corrected chi connectivity index (χ0v) is 47.2. The summed E-state index contributed by atoms with van der Waals surface area (Å²) < 4.78 is 5.87. The number of unbranched alkanes of at least 4 members (excludes halogenated alkanes) is 2. The Labute approximate surface area is 487 Å². The number of carbonyl (C=O) groups excluding carboxylic acids is 7. The summed E-state index contributed by atoms with van der Waals surface area (Å²) in [4.78, 5) is 104. The Hall–Kier alpha value is -8.37. The van der Waals surface area contributed by atoms with E-state index in [0.717, 1.165) is 57.1 Å². The molecule has 1 unspecified atom stereocenters. The molecule has 21 nitrogen and oxygen atoms in total. The molecule has 3 saturated heterocycles. The predicted molar refractivity (Wildman–Crippen MR) is 310 cm³/mol. The van der Waals surface area contributed by atoms with Crippen molar-refractivity contribution in [1.82, 2.24) is 36.4 Å². The molecule has 446 valence electrons. The molecule has 11 N–H and O–H groups in total. The largest absolute Gasteiger partial charge is 0.508 e. The van der Waals surface area contributed by atoms with Crippen LogP contribution in [0.1, 0.15) is 80.8 Å². The summed E-state index contributed by atoms with van der Waals surface area (Å²) >= 11 is 0. The first kappa shape index (κ1) is 61.7. The Kier molecular flexibility index (Phi) is 20.8. The van der Waals surface area contributed by atoms with Crippen LogP contribution in [-0.2, 0) is 41.6 Å². The first-order valence-electron chi connectivity index (χ1n) is 28.6. The standard InChI is InChI=1S/C63H75N7O14/c1-4-5-6-30-84-48-27-21-43(22-28-48)41-15-13-40(14-16-41)42-17-19-44(20-18-42)57(77)65-49-8-7-29-64-61(81)55-56(76)36(2)34-70(55)63(83)53(37(3)71)67-60(80)54(52(75)32-39-11-25-46(73)26-12-39)68-59(79)51-33-47(74)35-69(51)62(82)50(66-58(49)78)31-38-9-23-45(72)24-10-38/h9-28,36-37,47,49-56,71-76H,4-8,29-35H2,1-3H3,(H,64,81)(H,65,77)(H,66,78)(H,67,80)(H,68,79)/t36-,37?,47+,49-,50-,51-,52+,53-,54-,55-,56-/m0/s1. The molecule has 3 aliphatic rings. The molecule has 21 heteroatoms. The van der Waals surface area contributed by atoms with Crippen molar-refractivity contribution in [3.05, 3.63) is 138 Å². The van der Waals surface area contributed by atoms with Gasteiger partial charge in [0.05, 0.1) is 31.0 Å². The van der Waals surface area contributed by atoms with Gasteiger partial charge in [-0.2, -0.15) is 0 Å². The number of nitrogens with zero attached hydrogens (tertiary/aromatic N) is 2. The van der Waals surface area contributed by atoms with E-state index in [1.54, 1.807) is 31.2 Å². The number of hydrogen-bond donors (Lipinski definition) is 11. The minimum Gasteiger partial charge on any atom is -0.508 e. The van der Waals surface area contributed by atoms with Crippen LogP contribution < -0.4 is 31.3 Å². The van der Waals surface area contributed by atoms with E-state index in [2.05, 4.69) is 33.5 Å². The van der Waals surface area contributed by atoms with E-state index in [9.17, 15) is 64.2 Å². The lowest BCUT2D eigenvalue weighted by Crippen LogP contribution is -2.63. The average molecular weight is 1150 g/mol. The van der Waals surface area contributed by atoms with E-state index in [-0.39, 0.29) is 62.3 Å². The lowest BCUT2D eigenvalue weighted by molar-refractivity contribution is -0.146. The summed E-state index contributed by atoms with van der Waals surface area (Å²) in [5, 5.41) is 78.5. The fraction of sp³-hybridized carbons (Fsp3) is 0.413. The molecular formula is C63H75N7O14. The molecule has 0 saturated carbocycles. The fourth-order valence-electron chi connectivity index (χ4n) is 10.9. The van der Waals surface area contributed by atoms with Crippen molar-refractivity contribution in [2.45, 2.75) is 133 Å². The number of aliphatic hydroxyl groups is 4. The van der Waals surface area contributed by atoms with Gasteiger partial charge in [0.25, 0.3) is 5.91 Å². The lowest BCUT2D eigenvalue weighted by atomic mass is 9.99. The van der Waals surface area contributed by atoms with Gasteiger partial charge in [-0.3, -0.25) is 33.6 Å². The highest BCUT2D eigenvalue weighted by atomic mass is 16.5. The van der Waals surface area contributed by atoms with Gasteiger partial charge in [0, 0.05) is 50.4 Å². The molecule has 8 rings (SSSR count). The summed E-state index contributed by atoms with van der Waals surface area (Å²) in [5.41, 5.74) is 4.77. The smallest absolute Gasteiger partial charge is 0.251 e. The van der Waals surface area contributed by atoms with Crippen molar-refractivity contribution in [3.8, 4) is 39.5 Å². The molecule has 3 heterocycles. The minimum absolute atomic E-state index is 0.0275. The van der Waals surface area contributed by atoms with Gasteiger partial charge in [-0.05, 0) is 108 Å². The van der Waals surface area contributed by atoms with Crippen LogP contribution in [0.2, 0.25) is 0 Å². The predicted octanol–water partition coefficient (Wildman–Crippen LogP) is 2.86. The molecule has 5 aromatic carbocycles. The number of aromatic hydroxyl groups is 2. The Morgan fingerprint density at radius 3 is 1.83 bits per heavy atom. The molecule has 3 fully saturated rings. The van der Waals surface area contributed by atoms with Crippen LogP contribution in [0.4, 0.5) is 0 Å². The number of amides is 7. The van der Waals surface area contributed by atoms with E-state index in [0.29, 0.717) is 17.7 Å². The van der Waals surface area contributed by atoms with Crippen LogP contribution in [0.25, 0.3) is 22.3 Å². The maximum atomic E-state index is 15.0. The third-order valence-corrected chi connectivity index (χ3v) is 15.7. The molecule has 7 amide bonds. The molecule has 11 atom stereocenters. The van der Waals surface area contributed by atoms with Crippen LogP contribution in [0.15, 0.2) is 121 Å². The monoisotopic (exact) mass is 1150 g/mol. The molecule has 84 heavy (non-hydrogen) atoms. The highest BCUT2D eigenvalue weighted by Crippen LogP contribution is 2.29. The van der Waals surface area contributed by atoms with Crippen molar-refractivity contribution in [2.24, 2.45) is 5.92 Å². The van der Waals surface area contributed by atoms with Crippen LogP contribution in [-0.4, -0.2) is 169 Å². The summed E-state index contributed by atoms with van der Waals surface area (Å²) in [6.07, 6.45) is -3.80. The first-order chi connectivity index (χ1) is 40.3. The Morgan fingerprint density at radius 2 is 1.24 bits per heavy atom. The van der Waals surface area contributed by atoms with Crippen LogP contribution in [0, 0.1) is 5.92 Å². The number of rotatable bonds is 15. The molecule has 0 radical (unpaired) electrons. The molecule has 0 spiro atoms. The highest BCUT2D eigenvalue weighted by molar-refractivity contribution is 6.00. The average Bonchev–Trinajstić information content (AvgIpc) is 4.00. The number of nitrogens with one attached hydrogen (secondary N) is 5. The molecule has 3 aliphatic heterocycles. The van der Waals surface area contributed by atoms with Gasteiger partial charge in [0.1, 0.15) is 53.5 Å². The van der Waals surface area contributed by atoms with E-state index >= 15 is 0 Å². The van der Waals surface area contributed by atoms with Gasteiger partial charge in [-0.25, -0.2) is 0 Å². The summed E-state index contributed by atoms with van der Waals surface area (Å²) in [6, 6.07) is 24.5. The van der Waals surface area contributed by atoms with Gasteiger partial charge in [0.15, 0.2) is 0 Å². The number of fused-ring (bicyclic) bond motifs is 2. The van der Waals surface area contributed by atoms with Crippen molar-refractivity contribution < 1.29 is 68.9 Å². The SMILES string of the molecule is CCCCCOc1ccc(-c2ccc(-c3ccc(C(=O)N[C@H]4CCCNC(=O)[C@@H]5[C@@H](O)[C@@H](C)CN5C(=O)[C@H](C(C)O)NC(=O)[C@H]([C@H](O)Cc5ccc(O)cc5)NC(=O)[C@@H]5C[C@@H](O)CN5C(=O)[C@H](Cc5ccc(O)cc5)NC4=O)cc3)cc2)cc1. The van der Waals surface area contributed by atoms with Gasteiger partial charge >= 0.3 is 0 Å². The van der Waals surface area contributed by atoms with E-state index in [1.807, 2.05) is 48.5 Å². The van der Waals surface area contributed by atoms with Crippen molar-refractivity contribution >= 4 is 41.4 Å². The van der Waals surface area contributed by atoms with Crippen LogP contribution in [0.5, 0.6) is 17.2 Å². The van der Waals surface area contributed by atoms with Crippen molar-refractivity contribution in [2.75, 3.05) is 26.2 Å². The van der Waals surface area contributed by atoms with Gasteiger partial charge < -0.3 is 71.8 Å². The second kappa shape index (κ2) is 28.3. The Morgan fingerprint density at radius 1 is 0.667 bits per heavy atom. The maximum Gasteiger partial charge on any atom is 0.251 e. The first-order valence-corrected chi connectivity index (χ1v) is 28.6. The Balaban J connectivity index is 1.08. The zero-order chi connectivity index (χ0) is 60.2. The summed E-state index contributed by atoms with van der Waals surface area (Å²) in [7, 11) is 0. The minimum atomic E-state index is -1.90. The second-order valence-electron chi connectivity index (χ2n) is 22.1. The fourth-order valence-corrected chi connectivity index (χ4v) is 10.9. The topological polar surface area (TPSA) is 317 Å². The molecule has 0 bridgehead atoms. The van der Waals surface area contributed by atoms with Gasteiger partial charge in [0.2, 0.25) is 35.4 Å². The number of phenolic OH excluding ortho intramolecular Hbond substituents is 2. The molecule has 0 aliphatic carbocycles. The third kappa shape index (κ3) is 15.4. The summed E-state index contributed by atoms with van der Waals surface area (Å²) in [6.45, 7) is 4.91. The van der Waals surface area contributed by atoms with Crippen LogP contribution >= 0.6 is 0 Å². The number of ether oxygens (including phenoxy) is 1. The van der Waals surface area contributed by atoms with E-state index in [4.69, 9.17) is 4.74 Å². The third-order valence-electron chi connectivity index (χ3n) is 15.7. The maximum absolute atomic E-state index is 15.0. The molecule has 5 aromatic rings. The zero-order valence-electron chi connectivity index (χ0n) is 47.2. The lowest BCUT2D eigenvalue weighted by Gasteiger charge is -2.33. The van der Waals surface area contributed by atoms with Crippen molar-refractivity contribution in [1.29, 1.82) is 0 Å². The number of phenols is 2. The number of aliphatic hydroxyl groups excluding tert-OH is 4. The number of benzene rings is 5. The summed E-state index contributed by atoms with van der Waals surface area (Å²) in [5.74, 6) is -6.28. The van der Waals surface area contributed by atoms with Crippen molar-refractivity contribution in [3.63, 3.8) is 0 Å². The quantitative estimate of drug-likeness (QED) is 0.0673. The highest BCUT2D eigenvalue weighted by Gasteiger charge is 2.49. The van der Waals surface area contributed by atoms with E-state index in [1.165, 1.54) is 55.5 Å².